The highest BCUT2D eigenvalue weighted by Gasteiger charge is 2.10. The first kappa shape index (κ1) is 40.3. The van der Waals surface area contributed by atoms with Crippen LogP contribution >= 0.6 is 45.3 Å². The van der Waals surface area contributed by atoms with Crippen molar-refractivity contribution in [3.8, 4) is 35.5 Å². The lowest BCUT2D eigenvalue weighted by Crippen LogP contribution is -1.87. The van der Waals surface area contributed by atoms with Gasteiger partial charge in [0.1, 0.15) is 0 Å². The number of hydrogen-bond acceptors (Lipinski definition) is 4. The maximum absolute atomic E-state index is 3.61. The van der Waals surface area contributed by atoms with Gasteiger partial charge in [0.15, 0.2) is 0 Å². The lowest BCUT2D eigenvalue weighted by atomic mass is 10.1. The zero-order valence-electron chi connectivity index (χ0n) is 31.2. The van der Waals surface area contributed by atoms with Crippen LogP contribution in [-0.4, -0.2) is 0 Å². The molecule has 0 bridgehead atoms. The molecule has 0 unspecified atom stereocenters. The van der Waals surface area contributed by atoms with Gasteiger partial charge in [-0.15, -0.1) is 45.3 Å². The molecular weight excluding hydrogens is 681 g/mol. The first-order chi connectivity index (χ1) is 24.6. The molecule has 4 aromatic heterocycles. The number of hydrogen-bond donors (Lipinski definition) is 0. The van der Waals surface area contributed by atoms with Crippen LogP contribution in [0.1, 0.15) is 182 Å². The van der Waals surface area contributed by atoms with Gasteiger partial charge in [-0.1, -0.05) is 105 Å². The summed E-state index contributed by atoms with van der Waals surface area (Å²) in [4.78, 5) is 7.14. The van der Waals surface area contributed by atoms with Crippen LogP contribution in [0.4, 0.5) is 0 Å². The van der Waals surface area contributed by atoms with Crippen molar-refractivity contribution in [2.75, 3.05) is 0 Å². The second kappa shape index (κ2) is 23.9. The molecule has 0 saturated heterocycles. The third-order valence-electron chi connectivity index (χ3n) is 9.20. The van der Waals surface area contributed by atoms with Gasteiger partial charge in [-0.2, -0.15) is 0 Å². The summed E-state index contributed by atoms with van der Waals surface area (Å²) < 4.78 is 0. The van der Waals surface area contributed by atoms with Crippen LogP contribution in [0, 0.1) is 35.5 Å². The minimum atomic E-state index is 1.08. The third kappa shape index (κ3) is 13.9. The smallest absolute Gasteiger partial charge is 0.0817 e. The van der Waals surface area contributed by atoms with E-state index in [1.165, 1.54) is 144 Å². The van der Waals surface area contributed by atoms with Crippen LogP contribution in [0.3, 0.4) is 0 Å². The summed E-state index contributed by atoms with van der Waals surface area (Å²) in [7, 11) is 0. The molecule has 0 aliphatic heterocycles. The lowest BCUT2D eigenvalue weighted by Gasteiger charge is -2.00. The summed E-state index contributed by atoms with van der Waals surface area (Å²) in [6.07, 6.45) is 24.9. The molecule has 0 amide bonds. The average Bonchev–Trinajstić information content (AvgIpc) is 3.93. The molecule has 50 heavy (non-hydrogen) atoms. The Morgan fingerprint density at radius 1 is 0.380 bits per heavy atom. The van der Waals surface area contributed by atoms with Crippen molar-refractivity contribution in [1.29, 1.82) is 0 Å². The van der Waals surface area contributed by atoms with Crippen LogP contribution in [0.25, 0.3) is 0 Å². The molecule has 0 fully saturated rings. The normalized spacial score (nSPS) is 10.7. The molecule has 0 saturated carbocycles. The minimum Gasteiger partial charge on any atom is -0.135 e. The van der Waals surface area contributed by atoms with E-state index in [2.05, 4.69) is 98.2 Å². The number of unbranched alkanes of at least 4 members (excludes halogenated alkanes) is 12. The fraction of sp³-hybridized carbons (Fsp3) is 0.522. The molecule has 4 heterocycles. The fourth-order valence-corrected chi connectivity index (χ4v) is 9.60. The molecule has 0 atom stereocenters. The van der Waals surface area contributed by atoms with E-state index in [4.69, 9.17) is 0 Å². The Kier molecular flexibility index (Phi) is 19.2. The zero-order chi connectivity index (χ0) is 35.2. The predicted octanol–water partition coefficient (Wildman–Crippen LogP) is 14.6. The van der Waals surface area contributed by atoms with Crippen molar-refractivity contribution in [2.45, 2.75) is 156 Å². The number of thiophene rings is 4. The molecule has 0 aliphatic rings. The fourth-order valence-electron chi connectivity index (χ4n) is 6.17. The Balaban J connectivity index is 1.56. The lowest BCUT2D eigenvalue weighted by molar-refractivity contribution is 0.667. The monoisotopic (exact) mass is 738 g/mol. The van der Waals surface area contributed by atoms with Gasteiger partial charge >= 0.3 is 0 Å². The van der Waals surface area contributed by atoms with Crippen molar-refractivity contribution < 1.29 is 0 Å². The van der Waals surface area contributed by atoms with E-state index in [0.717, 1.165) is 35.4 Å². The van der Waals surface area contributed by atoms with Gasteiger partial charge in [0, 0.05) is 0 Å². The predicted molar refractivity (Wildman–Crippen MR) is 227 cm³/mol. The Morgan fingerprint density at radius 2 is 0.720 bits per heavy atom. The topological polar surface area (TPSA) is 0 Å². The maximum Gasteiger partial charge on any atom is 0.0817 e. The third-order valence-corrected chi connectivity index (χ3v) is 13.0. The Labute approximate surface area is 321 Å². The molecule has 0 spiro atoms. The van der Waals surface area contributed by atoms with E-state index >= 15 is 0 Å². The molecule has 0 aromatic carbocycles. The summed E-state index contributed by atoms with van der Waals surface area (Å²) in [5, 5.41) is 4.42. The van der Waals surface area contributed by atoms with Gasteiger partial charge in [-0.05, 0) is 144 Å². The molecule has 266 valence electrons. The molecule has 0 N–H and O–H groups in total. The van der Waals surface area contributed by atoms with Crippen molar-refractivity contribution in [2.24, 2.45) is 0 Å². The summed E-state index contributed by atoms with van der Waals surface area (Å²) in [6.45, 7) is 9.11. The first-order valence-corrected chi connectivity index (χ1v) is 23.0. The molecule has 0 aliphatic carbocycles. The van der Waals surface area contributed by atoms with Gasteiger partial charge < -0.3 is 0 Å². The second-order valence-electron chi connectivity index (χ2n) is 13.5. The average molecular weight is 739 g/mol. The van der Waals surface area contributed by atoms with E-state index in [9.17, 15) is 0 Å². The first-order valence-electron chi connectivity index (χ1n) is 19.6. The highest BCUT2D eigenvalue weighted by atomic mass is 32.1. The summed E-state index contributed by atoms with van der Waals surface area (Å²) in [5.74, 6) is 21.5. The maximum atomic E-state index is 3.61. The zero-order valence-corrected chi connectivity index (χ0v) is 34.5. The molecule has 0 nitrogen and oxygen atoms in total. The molecule has 4 aromatic rings. The van der Waals surface area contributed by atoms with Crippen molar-refractivity contribution in [1.82, 2.24) is 0 Å². The van der Waals surface area contributed by atoms with Crippen LogP contribution in [0.2, 0.25) is 0 Å². The van der Waals surface area contributed by atoms with Crippen molar-refractivity contribution in [3.05, 3.63) is 86.5 Å². The van der Waals surface area contributed by atoms with Gasteiger partial charge in [0.25, 0.3) is 0 Å². The van der Waals surface area contributed by atoms with Crippen molar-refractivity contribution in [3.63, 3.8) is 0 Å². The molecule has 0 radical (unpaired) electrons. The van der Waals surface area contributed by atoms with E-state index < -0.39 is 0 Å². The largest absolute Gasteiger partial charge is 0.135 e. The van der Waals surface area contributed by atoms with E-state index in [0.29, 0.717) is 0 Å². The highest BCUT2D eigenvalue weighted by molar-refractivity contribution is 7.14. The van der Waals surface area contributed by atoms with E-state index in [1.807, 2.05) is 0 Å². The quantitative estimate of drug-likeness (QED) is 0.0626. The standard InChI is InChI=1S/C46H58S4/c1-5-9-13-17-21-37-31-33-47-43(37)27-29-45-39(23-19-15-11-7-3)35-41(49-45)25-26-42-36-40(24-20-16-12-8-4)46(50-42)30-28-44-38(32-34-48-44)22-18-14-10-6-2/h31-36H,5-24H2,1-4H3. The number of rotatable bonds is 20. The van der Waals surface area contributed by atoms with Crippen LogP contribution < -0.4 is 0 Å². The molecule has 4 rings (SSSR count). The van der Waals surface area contributed by atoms with Crippen molar-refractivity contribution >= 4 is 45.3 Å². The Morgan fingerprint density at radius 3 is 1.08 bits per heavy atom. The van der Waals surface area contributed by atoms with Crippen LogP contribution in [0.15, 0.2) is 35.0 Å². The summed E-state index contributed by atoms with van der Waals surface area (Å²) in [5.41, 5.74) is 5.59. The van der Waals surface area contributed by atoms with Crippen LogP contribution in [0.5, 0.6) is 0 Å². The number of aryl methyl sites for hydroxylation is 4. The van der Waals surface area contributed by atoms with Gasteiger partial charge in [0.05, 0.1) is 29.3 Å². The highest BCUT2D eigenvalue weighted by Crippen LogP contribution is 2.27. The summed E-state index contributed by atoms with van der Waals surface area (Å²) >= 11 is 7.14. The van der Waals surface area contributed by atoms with E-state index in [1.54, 1.807) is 45.3 Å². The SMILES string of the molecule is CCCCCCc1ccsc1C#Cc1sc(C#Cc2cc(CCCCCC)c(C#Cc3sccc3CCCCCC)s2)cc1CCCCCC. The molecule has 4 heteroatoms. The summed E-state index contributed by atoms with van der Waals surface area (Å²) in [6, 6.07) is 9.21. The van der Waals surface area contributed by atoms with E-state index in [-0.39, 0.29) is 0 Å². The van der Waals surface area contributed by atoms with Crippen LogP contribution in [-0.2, 0) is 25.7 Å². The van der Waals surface area contributed by atoms with Gasteiger partial charge in [-0.25, -0.2) is 0 Å². The minimum absolute atomic E-state index is 1.08. The van der Waals surface area contributed by atoms with Gasteiger partial charge in [0.2, 0.25) is 0 Å². The molecular formula is C46H58S4. The van der Waals surface area contributed by atoms with Gasteiger partial charge in [-0.3, -0.25) is 0 Å². The second-order valence-corrected chi connectivity index (χ2v) is 17.4. The Bertz CT molecular complexity index is 1610. The Hall–Kier alpha value is -2.52.